The molecule has 0 aliphatic carbocycles. The van der Waals surface area contributed by atoms with Crippen LogP contribution in [0.3, 0.4) is 0 Å². The molecule has 4 nitrogen and oxygen atoms in total. The van der Waals surface area contributed by atoms with Crippen molar-refractivity contribution in [1.82, 2.24) is 4.90 Å². The van der Waals surface area contributed by atoms with Crippen LogP contribution in [0.25, 0.3) is 28.0 Å². The molecule has 0 atom stereocenters. The van der Waals surface area contributed by atoms with Crippen molar-refractivity contribution < 1.29 is 14.0 Å². The Bertz CT molecular complexity index is 1060. The quantitative estimate of drug-likeness (QED) is 0.639. The van der Waals surface area contributed by atoms with E-state index < -0.39 is 5.91 Å². The van der Waals surface area contributed by atoms with E-state index in [1.54, 1.807) is 12.2 Å². The number of para-hydroxylation sites is 1. The number of carbonyl (C=O) groups is 2. The maximum absolute atomic E-state index is 12.3. The number of amides is 2. The van der Waals surface area contributed by atoms with Gasteiger partial charge in [0, 0.05) is 23.4 Å². The molecular formula is C20H14ClNO3. The SMILES string of the molecule is O=C(/C=C/c1ccc2oc3ccccc3c2c1)N1CCC=C(Cl)C1=O. The van der Waals surface area contributed by atoms with Crippen LogP contribution in [-0.4, -0.2) is 23.3 Å². The van der Waals surface area contributed by atoms with Gasteiger partial charge < -0.3 is 4.42 Å². The first kappa shape index (κ1) is 15.7. The third-order valence-corrected chi connectivity index (χ3v) is 4.53. The maximum atomic E-state index is 12.3. The van der Waals surface area contributed by atoms with Gasteiger partial charge in [0.15, 0.2) is 0 Å². The van der Waals surface area contributed by atoms with Crippen molar-refractivity contribution in [3.05, 3.63) is 65.2 Å². The van der Waals surface area contributed by atoms with Crippen LogP contribution in [0.1, 0.15) is 12.0 Å². The van der Waals surface area contributed by atoms with Gasteiger partial charge in [0.2, 0.25) is 0 Å². The van der Waals surface area contributed by atoms with Gasteiger partial charge in [-0.2, -0.15) is 0 Å². The minimum atomic E-state index is -0.446. The van der Waals surface area contributed by atoms with E-state index in [-0.39, 0.29) is 10.9 Å². The summed E-state index contributed by atoms with van der Waals surface area (Å²) in [5.41, 5.74) is 2.49. The zero-order valence-electron chi connectivity index (χ0n) is 13.2. The number of imide groups is 1. The summed E-state index contributed by atoms with van der Waals surface area (Å²) >= 11 is 5.81. The second kappa shape index (κ2) is 6.22. The minimum Gasteiger partial charge on any atom is -0.456 e. The molecule has 0 radical (unpaired) electrons. The van der Waals surface area contributed by atoms with Crippen molar-refractivity contribution in [3.8, 4) is 0 Å². The lowest BCUT2D eigenvalue weighted by Gasteiger charge is -2.21. The highest BCUT2D eigenvalue weighted by Gasteiger charge is 2.24. The summed E-state index contributed by atoms with van der Waals surface area (Å²) < 4.78 is 5.79. The second-order valence-corrected chi connectivity index (χ2v) is 6.23. The molecule has 2 amide bonds. The monoisotopic (exact) mass is 351 g/mol. The van der Waals surface area contributed by atoms with Crippen LogP contribution in [0.2, 0.25) is 0 Å². The highest BCUT2D eigenvalue weighted by atomic mass is 35.5. The van der Waals surface area contributed by atoms with E-state index in [0.717, 1.165) is 32.4 Å². The molecule has 25 heavy (non-hydrogen) atoms. The van der Waals surface area contributed by atoms with E-state index >= 15 is 0 Å². The van der Waals surface area contributed by atoms with E-state index in [4.69, 9.17) is 16.0 Å². The Balaban J connectivity index is 1.63. The van der Waals surface area contributed by atoms with Crippen molar-refractivity contribution in [2.75, 3.05) is 6.54 Å². The summed E-state index contributed by atoms with van der Waals surface area (Å²) in [6.45, 7) is 0.351. The van der Waals surface area contributed by atoms with E-state index in [2.05, 4.69) is 0 Å². The predicted molar refractivity (Wildman–Crippen MR) is 98.0 cm³/mol. The molecule has 4 rings (SSSR count). The molecule has 2 aromatic carbocycles. The number of benzene rings is 2. The number of furan rings is 1. The number of halogens is 1. The average Bonchev–Trinajstić information content (AvgIpc) is 3.00. The predicted octanol–water partition coefficient (Wildman–Crippen LogP) is 4.48. The van der Waals surface area contributed by atoms with Crippen LogP contribution in [0.15, 0.2) is 64.1 Å². The molecule has 124 valence electrons. The maximum Gasteiger partial charge on any atom is 0.271 e. The van der Waals surface area contributed by atoms with Gasteiger partial charge in [-0.05, 0) is 36.3 Å². The van der Waals surface area contributed by atoms with Crippen LogP contribution in [0.5, 0.6) is 0 Å². The lowest BCUT2D eigenvalue weighted by Crippen LogP contribution is -2.38. The summed E-state index contributed by atoms with van der Waals surface area (Å²) in [7, 11) is 0. The Labute approximate surface area is 149 Å². The van der Waals surface area contributed by atoms with Gasteiger partial charge in [0.05, 0.1) is 0 Å². The average molecular weight is 352 g/mol. The normalized spacial score (nSPS) is 15.3. The largest absolute Gasteiger partial charge is 0.456 e. The fourth-order valence-electron chi connectivity index (χ4n) is 2.95. The van der Waals surface area contributed by atoms with Crippen molar-refractivity contribution in [2.24, 2.45) is 0 Å². The highest BCUT2D eigenvalue weighted by Crippen LogP contribution is 2.29. The molecule has 3 aromatic rings. The van der Waals surface area contributed by atoms with E-state index in [0.29, 0.717) is 13.0 Å². The lowest BCUT2D eigenvalue weighted by molar-refractivity contribution is -0.139. The smallest absolute Gasteiger partial charge is 0.271 e. The van der Waals surface area contributed by atoms with Crippen molar-refractivity contribution in [1.29, 1.82) is 0 Å². The Morgan fingerprint density at radius 2 is 1.92 bits per heavy atom. The first-order valence-electron chi connectivity index (χ1n) is 7.94. The molecule has 2 heterocycles. The molecule has 0 N–H and O–H groups in total. The number of nitrogens with zero attached hydrogens (tertiary/aromatic N) is 1. The summed E-state index contributed by atoms with van der Waals surface area (Å²) in [5.74, 6) is -0.813. The van der Waals surface area contributed by atoms with Gasteiger partial charge in [0.1, 0.15) is 16.2 Å². The van der Waals surface area contributed by atoms with Gasteiger partial charge in [-0.1, -0.05) is 41.9 Å². The second-order valence-electron chi connectivity index (χ2n) is 5.82. The Morgan fingerprint density at radius 3 is 2.80 bits per heavy atom. The van der Waals surface area contributed by atoms with Gasteiger partial charge in [-0.15, -0.1) is 0 Å². The summed E-state index contributed by atoms with van der Waals surface area (Å²) in [6, 6.07) is 13.5. The van der Waals surface area contributed by atoms with Crippen LogP contribution in [0, 0.1) is 0 Å². The topological polar surface area (TPSA) is 50.5 Å². The van der Waals surface area contributed by atoms with E-state index in [1.165, 1.54) is 6.08 Å². The molecule has 0 spiro atoms. The minimum absolute atomic E-state index is 0.0966. The van der Waals surface area contributed by atoms with Crippen LogP contribution in [-0.2, 0) is 9.59 Å². The standard InChI is InChI=1S/C20H14ClNO3/c21-16-5-3-11-22(20(16)24)19(23)10-8-13-7-9-18-15(12-13)14-4-1-2-6-17(14)25-18/h1-2,4-10,12H,3,11H2/b10-8+. The first-order chi connectivity index (χ1) is 12.1. The Morgan fingerprint density at radius 1 is 1.12 bits per heavy atom. The van der Waals surface area contributed by atoms with Crippen LogP contribution < -0.4 is 0 Å². The van der Waals surface area contributed by atoms with Crippen molar-refractivity contribution in [2.45, 2.75) is 6.42 Å². The Kier molecular flexibility index (Phi) is 3.90. The number of rotatable bonds is 2. The fraction of sp³-hybridized carbons (Fsp3) is 0.100. The molecule has 0 bridgehead atoms. The fourth-order valence-corrected chi connectivity index (χ4v) is 3.16. The third-order valence-electron chi connectivity index (χ3n) is 4.21. The molecule has 1 aliphatic heterocycles. The van der Waals surface area contributed by atoms with E-state index in [1.807, 2.05) is 42.5 Å². The summed E-state index contributed by atoms with van der Waals surface area (Å²) in [6.07, 6.45) is 5.31. The highest BCUT2D eigenvalue weighted by molar-refractivity contribution is 6.43. The number of carbonyl (C=O) groups excluding carboxylic acids is 2. The van der Waals surface area contributed by atoms with Crippen molar-refractivity contribution in [3.63, 3.8) is 0 Å². The zero-order valence-corrected chi connectivity index (χ0v) is 14.0. The Hall–Kier alpha value is -2.85. The number of hydrogen-bond acceptors (Lipinski definition) is 3. The number of fused-ring (bicyclic) bond motifs is 3. The number of hydrogen-bond donors (Lipinski definition) is 0. The third kappa shape index (κ3) is 2.85. The molecule has 1 aliphatic rings. The lowest BCUT2D eigenvalue weighted by atomic mass is 10.1. The van der Waals surface area contributed by atoms with Gasteiger partial charge >= 0.3 is 0 Å². The van der Waals surface area contributed by atoms with Crippen LogP contribution >= 0.6 is 11.6 Å². The molecule has 0 unspecified atom stereocenters. The molecule has 0 saturated heterocycles. The molecule has 0 fully saturated rings. The summed E-state index contributed by atoms with van der Waals surface area (Å²) in [4.78, 5) is 25.3. The molecule has 5 heteroatoms. The molecular weight excluding hydrogens is 338 g/mol. The molecule has 1 aromatic heterocycles. The van der Waals surface area contributed by atoms with Gasteiger partial charge in [-0.3, -0.25) is 14.5 Å². The summed E-state index contributed by atoms with van der Waals surface area (Å²) in [5, 5.41) is 2.12. The molecule has 0 saturated carbocycles. The van der Waals surface area contributed by atoms with Crippen LogP contribution in [0.4, 0.5) is 0 Å². The first-order valence-corrected chi connectivity index (χ1v) is 8.32. The van der Waals surface area contributed by atoms with Gasteiger partial charge in [-0.25, -0.2) is 0 Å². The van der Waals surface area contributed by atoms with E-state index in [9.17, 15) is 9.59 Å². The van der Waals surface area contributed by atoms with Crippen molar-refractivity contribution >= 4 is 51.4 Å². The zero-order chi connectivity index (χ0) is 17.4. The van der Waals surface area contributed by atoms with Gasteiger partial charge in [0.25, 0.3) is 11.8 Å².